The highest BCUT2D eigenvalue weighted by Gasteiger charge is 2.50. The largest absolute Gasteiger partial charge is 0.212 e. The number of hydrogen-bond donors (Lipinski definition) is 0. The molecule has 0 spiro atoms. The highest BCUT2D eigenvalue weighted by Crippen LogP contribution is 2.50. The summed E-state index contributed by atoms with van der Waals surface area (Å²) < 4.78 is 24.7. The molecule has 0 aromatic rings. The molecule has 3 atom stereocenters. The molecule has 1 aliphatic heterocycles. The summed E-state index contributed by atoms with van der Waals surface area (Å²) in [5, 5.41) is 0. The second-order valence-electron chi connectivity index (χ2n) is 6.19. The maximum atomic E-state index is 11.5. The zero-order chi connectivity index (χ0) is 11.4. The molecule has 3 unspecified atom stereocenters. The fraction of sp³-hybridized carbons (Fsp3) is 1.00. The van der Waals surface area contributed by atoms with Gasteiger partial charge in [0.1, 0.15) is 0 Å². The average Bonchev–Trinajstić information content (AvgIpc) is 2.57. The van der Waals surface area contributed by atoms with Gasteiger partial charge in [-0.15, -0.1) is 0 Å². The molecule has 0 radical (unpaired) electrons. The van der Waals surface area contributed by atoms with Crippen molar-refractivity contribution in [1.82, 2.24) is 4.31 Å². The Kier molecular flexibility index (Phi) is 2.43. The van der Waals surface area contributed by atoms with Gasteiger partial charge in [0.25, 0.3) is 0 Å². The molecule has 0 aromatic heterocycles. The monoisotopic (exact) mass is 231 g/mol. The van der Waals surface area contributed by atoms with Gasteiger partial charge in [-0.1, -0.05) is 20.8 Å². The summed E-state index contributed by atoms with van der Waals surface area (Å²) in [6.07, 6.45) is 3.47. The highest BCUT2D eigenvalue weighted by atomic mass is 32.2. The number of rotatable bonds is 1. The SMILES string of the molecule is CC(C)(C)C1CC2CC1CN2S(C)(=O)=O. The van der Waals surface area contributed by atoms with Crippen molar-refractivity contribution in [2.24, 2.45) is 17.3 Å². The number of hydrogen-bond acceptors (Lipinski definition) is 2. The van der Waals surface area contributed by atoms with Gasteiger partial charge in [-0.25, -0.2) is 8.42 Å². The first-order valence-electron chi connectivity index (χ1n) is 5.66. The molecular formula is C11H21NO2S. The minimum Gasteiger partial charge on any atom is -0.212 e. The summed E-state index contributed by atoms with van der Waals surface area (Å²) in [5.74, 6) is 1.28. The molecule has 1 aliphatic carbocycles. The van der Waals surface area contributed by atoms with Crippen LogP contribution in [0.5, 0.6) is 0 Å². The molecular weight excluding hydrogens is 210 g/mol. The van der Waals surface area contributed by atoms with Crippen molar-refractivity contribution < 1.29 is 8.42 Å². The van der Waals surface area contributed by atoms with Crippen molar-refractivity contribution in [2.45, 2.75) is 39.7 Å². The van der Waals surface area contributed by atoms with Crippen LogP contribution < -0.4 is 0 Å². The van der Waals surface area contributed by atoms with Crippen LogP contribution in [0.2, 0.25) is 0 Å². The van der Waals surface area contributed by atoms with Crippen LogP contribution in [0.4, 0.5) is 0 Å². The Balaban J connectivity index is 2.14. The van der Waals surface area contributed by atoms with E-state index >= 15 is 0 Å². The fourth-order valence-corrected chi connectivity index (χ4v) is 4.56. The van der Waals surface area contributed by atoms with Gasteiger partial charge < -0.3 is 0 Å². The Morgan fingerprint density at radius 1 is 1.20 bits per heavy atom. The van der Waals surface area contributed by atoms with Crippen LogP contribution in [0.1, 0.15) is 33.6 Å². The fourth-order valence-electron chi connectivity index (χ4n) is 3.38. The van der Waals surface area contributed by atoms with E-state index in [0.717, 1.165) is 19.4 Å². The van der Waals surface area contributed by atoms with E-state index in [1.54, 1.807) is 4.31 Å². The zero-order valence-corrected chi connectivity index (χ0v) is 10.8. The normalized spacial score (nSPS) is 37.5. The van der Waals surface area contributed by atoms with Gasteiger partial charge in [0.15, 0.2) is 0 Å². The molecule has 0 amide bonds. The summed E-state index contributed by atoms with van der Waals surface area (Å²) >= 11 is 0. The Morgan fingerprint density at radius 2 is 1.80 bits per heavy atom. The van der Waals surface area contributed by atoms with Gasteiger partial charge in [-0.2, -0.15) is 4.31 Å². The molecule has 4 heteroatoms. The van der Waals surface area contributed by atoms with E-state index in [9.17, 15) is 8.42 Å². The first kappa shape index (κ1) is 11.4. The van der Waals surface area contributed by atoms with E-state index in [1.807, 2.05) is 0 Å². The lowest BCUT2D eigenvalue weighted by molar-refractivity contribution is 0.142. The molecule has 88 valence electrons. The molecule has 15 heavy (non-hydrogen) atoms. The smallest absolute Gasteiger partial charge is 0.211 e. The molecule has 2 bridgehead atoms. The number of nitrogens with zero attached hydrogens (tertiary/aromatic N) is 1. The number of sulfonamides is 1. The first-order valence-corrected chi connectivity index (χ1v) is 7.51. The third kappa shape index (κ3) is 1.94. The Morgan fingerprint density at radius 3 is 2.13 bits per heavy atom. The molecule has 1 saturated carbocycles. The summed E-state index contributed by atoms with van der Waals surface area (Å²) in [6, 6.07) is 0.286. The Hall–Kier alpha value is -0.0900. The van der Waals surface area contributed by atoms with E-state index in [-0.39, 0.29) is 6.04 Å². The predicted octanol–water partition coefficient (Wildman–Crippen LogP) is 1.70. The molecule has 2 aliphatic rings. The summed E-state index contributed by atoms with van der Waals surface area (Å²) in [4.78, 5) is 0. The quantitative estimate of drug-likeness (QED) is 0.689. The average molecular weight is 231 g/mol. The van der Waals surface area contributed by atoms with E-state index in [2.05, 4.69) is 20.8 Å². The van der Waals surface area contributed by atoms with Crippen molar-refractivity contribution in [1.29, 1.82) is 0 Å². The second kappa shape index (κ2) is 3.20. The second-order valence-corrected chi connectivity index (χ2v) is 8.13. The predicted molar refractivity (Wildman–Crippen MR) is 61.0 cm³/mol. The van der Waals surface area contributed by atoms with E-state index in [0.29, 0.717) is 17.3 Å². The zero-order valence-electron chi connectivity index (χ0n) is 10.0. The van der Waals surface area contributed by atoms with Crippen LogP contribution in [0.15, 0.2) is 0 Å². The van der Waals surface area contributed by atoms with Gasteiger partial charge in [0.2, 0.25) is 10.0 Å². The third-order valence-electron chi connectivity index (χ3n) is 4.03. The van der Waals surface area contributed by atoms with Crippen molar-refractivity contribution in [3.63, 3.8) is 0 Å². The van der Waals surface area contributed by atoms with Crippen molar-refractivity contribution in [3.8, 4) is 0 Å². The standard InChI is InChI=1S/C11H21NO2S/c1-11(2,3)10-6-9-5-8(10)7-12(9)15(4,13)14/h8-10H,5-7H2,1-4H3. The lowest BCUT2D eigenvalue weighted by atomic mass is 9.74. The molecule has 0 aromatic carbocycles. The van der Waals surface area contributed by atoms with Crippen LogP contribution >= 0.6 is 0 Å². The lowest BCUT2D eigenvalue weighted by Gasteiger charge is -2.37. The number of fused-ring (bicyclic) bond motifs is 2. The van der Waals surface area contributed by atoms with Crippen LogP contribution in [0, 0.1) is 17.3 Å². The minimum absolute atomic E-state index is 0.286. The molecule has 2 fully saturated rings. The van der Waals surface area contributed by atoms with Crippen LogP contribution in [-0.4, -0.2) is 31.6 Å². The molecule has 1 heterocycles. The van der Waals surface area contributed by atoms with Crippen LogP contribution in [0.25, 0.3) is 0 Å². The van der Waals surface area contributed by atoms with Gasteiger partial charge in [-0.3, -0.25) is 0 Å². The number of piperidine rings is 1. The van der Waals surface area contributed by atoms with E-state index in [1.165, 1.54) is 6.26 Å². The minimum atomic E-state index is -2.97. The van der Waals surface area contributed by atoms with Gasteiger partial charge >= 0.3 is 0 Å². The van der Waals surface area contributed by atoms with Gasteiger partial charge in [-0.05, 0) is 30.1 Å². The Bertz CT molecular complexity index is 355. The van der Waals surface area contributed by atoms with E-state index < -0.39 is 10.0 Å². The van der Waals surface area contributed by atoms with Crippen LogP contribution in [-0.2, 0) is 10.0 Å². The Labute approximate surface area is 92.9 Å². The van der Waals surface area contributed by atoms with Gasteiger partial charge in [0, 0.05) is 12.6 Å². The summed E-state index contributed by atoms with van der Waals surface area (Å²) in [5.41, 5.74) is 0.322. The van der Waals surface area contributed by atoms with Crippen LogP contribution in [0.3, 0.4) is 0 Å². The topological polar surface area (TPSA) is 37.4 Å². The molecule has 0 N–H and O–H groups in total. The summed E-state index contributed by atoms with van der Waals surface area (Å²) in [7, 11) is -2.97. The molecule has 1 saturated heterocycles. The van der Waals surface area contributed by atoms with Crippen molar-refractivity contribution in [2.75, 3.05) is 12.8 Å². The maximum absolute atomic E-state index is 11.5. The summed E-state index contributed by atoms with van der Waals surface area (Å²) in [6.45, 7) is 7.56. The molecule has 3 nitrogen and oxygen atoms in total. The van der Waals surface area contributed by atoms with Crippen molar-refractivity contribution >= 4 is 10.0 Å². The first-order chi connectivity index (χ1) is 6.69. The highest BCUT2D eigenvalue weighted by molar-refractivity contribution is 7.88. The van der Waals surface area contributed by atoms with E-state index in [4.69, 9.17) is 0 Å². The van der Waals surface area contributed by atoms with Gasteiger partial charge in [0.05, 0.1) is 6.26 Å². The lowest BCUT2D eigenvalue weighted by Crippen LogP contribution is -2.42. The maximum Gasteiger partial charge on any atom is 0.211 e. The van der Waals surface area contributed by atoms with Crippen molar-refractivity contribution in [3.05, 3.63) is 0 Å². The molecule has 2 rings (SSSR count). The third-order valence-corrected chi connectivity index (χ3v) is 5.33.